The molecule has 1 heterocycles. The fourth-order valence-corrected chi connectivity index (χ4v) is 4.38. The topological polar surface area (TPSA) is 12.0 Å². The summed E-state index contributed by atoms with van der Waals surface area (Å²) in [6.45, 7) is 0. The third kappa shape index (κ3) is 3.13. The molecular weight excluding hydrogens is 389 g/mol. The van der Waals surface area contributed by atoms with Gasteiger partial charge in [-0.05, 0) is 47.6 Å². The molecule has 5 heteroatoms. The predicted molar refractivity (Wildman–Crippen MR) is 96.9 cm³/mol. The Morgan fingerprint density at radius 2 is 1.76 bits per heavy atom. The van der Waals surface area contributed by atoms with Crippen LogP contribution in [0.15, 0.2) is 46.9 Å². The largest absolute Gasteiger partial charge is 0.309 e. The first kappa shape index (κ1) is 15.3. The Balaban J connectivity index is 2.08. The molecule has 1 N–H and O–H groups in total. The molecule has 0 bridgehead atoms. The molecule has 0 saturated carbocycles. The molecule has 1 aromatic heterocycles. The van der Waals surface area contributed by atoms with Crippen LogP contribution >= 0.6 is 50.5 Å². The van der Waals surface area contributed by atoms with Crippen LogP contribution in [-0.2, 0) is 0 Å². The lowest BCUT2D eigenvalue weighted by atomic mass is 9.98. The van der Waals surface area contributed by atoms with Crippen LogP contribution in [0, 0.1) is 0 Å². The van der Waals surface area contributed by atoms with Crippen LogP contribution in [0.1, 0.15) is 17.2 Å². The Labute approximate surface area is 146 Å². The van der Waals surface area contributed by atoms with Crippen molar-refractivity contribution < 1.29 is 0 Å². The zero-order valence-corrected chi connectivity index (χ0v) is 15.1. The third-order valence-corrected chi connectivity index (χ3v) is 5.45. The molecule has 0 aliphatic heterocycles. The summed E-state index contributed by atoms with van der Waals surface area (Å²) in [7, 11) is 1.93. The number of halogens is 3. The minimum absolute atomic E-state index is 0.0364. The molecule has 1 unspecified atom stereocenters. The van der Waals surface area contributed by atoms with Gasteiger partial charge in [0.25, 0.3) is 0 Å². The van der Waals surface area contributed by atoms with Gasteiger partial charge in [0.05, 0.1) is 14.7 Å². The summed E-state index contributed by atoms with van der Waals surface area (Å²) in [6, 6.07) is 14.7. The van der Waals surface area contributed by atoms with Crippen LogP contribution in [0.25, 0.3) is 10.8 Å². The summed E-state index contributed by atoms with van der Waals surface area (Å²) >= 11 is 17.3. The first-order chi connectivity index (χ1) is 10.1. The maximum Gasteiger partial charge on any atom is 0.0995 e. The zero-order valence-electron chi connectivity index (χ0n) is 11.2. The normalized spacial score (nSPS) is 12.8. The minimum atomic E-state index is 0.0364. The molecule has 108 valence electrons. The van der Waals surface area contributed by atoms with Gasteiger partial charge in [-0.1, -0.05) is 57.3 Å². The monoisotopic (exact) mass is 399 g/mol. The van der Waals surface area contributed by atoms with E-state index in [1.54, 1.807) is 0 Å². The van der Waals surface area contributed by atoms with E-state index in [-0.39, 0.29) is 6.04 Å². The van der Waals surface area contributed by atoms with Gasteiger partial charge in [-0.2, -0.15) is 0 Å². The van der Waals surface area contributed by atoms with Crippen molar-refractivity contribution in [2.75, 3.05) is 7.05 Å². The number of benzene rings is 2. The Bertz CT molecular complexity index is 800. The van der Waals surface area contributed by atoms with Gasteiger partial charge in [0, 0.05) is 10.0 Å². The third-order valence-electron chi connectivity index (χ3n) is 3.44. The van der Waals surface area contributed by atoms with Crippen molar-refractivity contribution in [1.82, 2.24) is 5.32 Å². The molecular formula is C16H12BrCl2NS. The van der Waals surface area contributed by atoms with Gasteiger partial charge in [-0.15, -0.1) is 11.3 Å². The van der Waals surface area contributed by atoms with E-state index in [4.69, 9.17) is 23.2 Å². The highest BCUT2D eigenvalue weighted by molar-refractivity contribution is 9.10. The van der Waals surface area contributed by atoms with Crippen molar-refractivity contribution in [3.05, 3.63) is 66.7 Å². The molecule has 3 rings (SSSR count). The minimum Gasteiger partial charge on any atom is -0.309 e. The van der Waals surface area contributed by atoms with E-state index in [1.165, 1.54) is 27.7 Å². The number of hydrogen-bond acceptors (Lipinski definition) is 2. The SMILES string of the molecule is CNC(c1ccc2cc(Br)ccc2c1)c1cc(Cl)sc1Cl. The van der Waals surface area contributed by atoms with Crippen molar-refractivity contribution in [3.8, 4) is 0 Å². The molecule has 1 nitrogen and oxygen atoms in total. The molecule has 1 atom stereocenters. The molecule has 0 aliphatic carbocycles. The van der Waals surface area contributed by atoms with Crippen LogP contribution in [0.4, 0.5) is 0 Å². The van der Waals surface area contributed by atoms with Crippen LogP contribution in [0.3, 0.4) is 0 Å². The van der Waals surface area contributed by atoms with Gasteiger partial charge < -0.3 is 5.32 Å². The zero-order chi connectivity index (χ0) is 15.0. The molecule has 0 spiro atoms. The van der Waals surface area contributed by atoms with E-state index in [1.807, 2.05) is 13.1 Å². The lowest BCUT2D eigenvalue weighted by molar-refractivity contribution is 0.695. The summed E-state index contributed by atoms with van der Waals surface area (Å²) in [4.78, 5) is 0. The Morgan fingerprint density at radius 3 is 2.43 bits per heavy atom. The fourth-order valence-electron chi connectivity index (χ4n) is 2.47. The standard InChI is InChI=1S/C16H12BrCl2NS/c1-20-15(13-8-14(18)21-16(13)19)11-3-2-10-7-12(17)5-4-9(10)6-11/h2-8,15,20H,1H3. The van der Waals surface area contributed by atoms with Gasteiger partial charge >= 0.3 is 0 Å². The van der Waals surface area contributed by atoms with Gasteiger partial charge in [0.2, 0.25) is 0 Å². The smallest absolute Gasteiger partial charge is 0.0995 e. The average molecular weight is 401 g/mol. The van der Waals surface area contributed by atoms with Crippen molar-refractivity contribution in [2.45, 2.75) is 6.04 Å². The molecule has 0 radical (unpaired) electrons. The lowest BCUT2D eigenvalue weighted by Gasteiger charge is -2.17. The highest BCUT2D eigenvalue weighted by atomic mass is 79.9. The number of fused-ring (bicyclic) bond motifs is 1. The summed E-state index contributed by atoms with van der Waals surface area (Å²) in [5.41, 5.74) is 2.19. The van der Waals surface area contributed by atoms with Crippen molar-refractivity contribution in [1.29, 1.82) is 0 Å². The van der Waals surface area contributed by atoms with Crippen molar-refractivity contribution in [3.63, 3.8) is 0 Å². The highest BCUT2D eigenvalue weighted by Gasteiger charge is 2.18. The van der Waals surface area contributed by atoms with Crippen LogP contribution in [0.5, 0.6) is 0 Å². The molecule has 3 aromatic rings. The number of rotatable bonds is 3. The first-order valence-corrected chi connectivity index (χ1v) is 8.76. The summed E-state index contributed by atoms with van der Waals surface area (Å²) in [6.07, 6.45) is 0. The van der Waals surface area contributed by atoms with Crippen molar-refractivity contribution in [2.24, 2.45) is 0 Å². The Hall–Kier alpha value is -0.580. The second kappa shape index (κ2) is 6.27. The van der Waals surface area contributed by atoms with Gasteiger partial charge in [0.1, 0.15) is 0 Å². The van der Waals surface area contributed by atoms with Crippen molar-refractivity contribution >= 4 is 61.2 Å². The molecule has 0 aliphatic rings. The van der Waals surface area contributed by atoms with E-state index >= 15 is 0 Å². The van der Waals surface area contributed by atoms with Gasteiger partial charge in [-0.25, -0.2) is 0 Å². The second-order valence-corrected chi connectivity index (χ2v) is 7.95. The van der Waals surface area contributed by atoms with E-state index in [2.05, 4.69) is 57.6 Å². The van der Waals surface area contributed by atoms with E-state index in [0.717, 1.165) is 14.4 Å². The molecule has 0 saturated heterocycles. The first-order valence-electron chi connectivity index (χ1n) is 6.39. The van der Waals surface area contributed by atoms with E-state index < -0.39 is 0 Å². The maximum atomic E-state index is 6.30. The fraction of sp³-hybridized carbons (Fsp3) is 0.125. The number of hydrogen-bond donors (Lipinski definition) is 1. The molecule has 0 amide bonds. The summed E-state index contributed by atoms with van der Waals surface area (Å²) < 4.78 is 2.52. The van der Waals surface area contributed by atoms with E-state index in [0.29, 0.717) is 4.34 Å². The predicted octanol–water partition coefficient (Wildman–Crippen LogP) is 6.28. The van der Waals surface area contributed by atoms with Crippen LogP contribution in [0.2, 0.25) is 8.67 Å². The van der Waals surface area contributed by atoms with Crippen LogP contribution < -0.4 is 5.32 Å². The summed E-state index contributed by atoms with van der Waals surface area (Å²) in [5, 5.41) is 5.73. The molecule has 2 aromatic carbocycles. The Morgan fingerprint density at radius 1 is 1.05 bits per heavy atom. The van der Waals surface area contributed by atoms with Gasteiger partial charge in [0.15, 0.2) is 0 Å². The number of thiophene rings is 1. The van der Waals surface area contributed by atoms with E-state index in [9.17, 15) is 0 Å². The Kier molecular flexibility index (Phi) is 4.57. The summed E-state index contributed by atoms with van der Waals surface area (Å²) in [5.74, 6) is 0. The molecule has 0 fully saturated rings. The highest BCUT2D eigenvalue weighted by Crippen LogP contribution is 2.38. The second-order valence-electron chi connectivity index (χ2n) is 4.75. The van der Waals surface area contributed by atoms with Crippen LogP contribution in [-0.4, -0.2) is 7.05 Å². The lowest BCUT2D eigenvalue weighted by Crippen LogP contribution is -2.17. The maximum absolute atomic E-state index is 6.30. The quantitative estimate of drug-likeness (QED) is 0.545. The average Bonchev–Trinajstić information content (AvgIpc) is 2.79. The number of nitrogens with one attached hydrogen (secondary N) is 1. The van der Waals surface area contributed by atoms with Gasteiger partial charge in [-0.3, -0.25) is 0 Å². The molecule has 21 heavy (non-hydrogen) atoms.